The molecule has 0 saturated carbocycles. The summed E-state index contributed by atoms with van der Waals surface area (Å²) in [7, 11) is 0. The number of nitrogens with zero attached hydrogens (tertiary/aromatic N) is 8. The van der Waals surface area contributed by atoms with Gasteiger partial charge in [-0.1, -0.05) is 68.3 Å². The van der Waals surface area contributed by atoms with Crippen LogP contribution in [0, 0.1) is 0 Å². The van der Waals surface area contributed by atoms with Gasteiger partial charge in [0.15, 0.2) is 0 Å². The van der Waals surface area contributed by atoms with Crippen molar-refractivity contribution in [3.63, 3.8) is 0 Å². The molecule has 1 aliphatic rings. The van der Waals surface area contributed by atoms with E-state index in [0.29, 0.717) is 75.3 Å². The first-order valence-electron chi connectivity index (χ1n) is 31.1. The molecule has 0 saturated heterocycles. The van der Waals surface area contributed by atoms with Crippen molar-refractivity contribution in [2.45, 2.75) is 202 Å². The number of ether oxygens (including phenoxy) is 1. The first kappa shape index (κ1) is 76.2. The van der Waals surface area contributed by atoms with Crippen molar-refractivity contribution in [2.75, 3.05) is 26.2 Å². The zero-order chi connectivity index (χ0) is 68.6. The largest absolute Gasteiger partial charge is 0.449 e. The number of benzene rings is 2. The molecular weight excluding hydrogens is 1200 g/mol. The zero-order valence-electron chi connectivity index (χ0n) is 55.2. The van der Waals surface area contributed by atoms with Crippen LogP contribution in [0.4, 0.5) is 4.79 Å². The number of nitrogens with two attached hydrogens (primary N) is 2. The van der Waals surface area contributed by atoms with Gasteiger partial charge in [-0.05, 0) is 135 Å². The summed E-state index contributed by atoms with van der Waals surface area (Å²) in [6, 6.07) is 15.0. The number of nitrogens with one attached hydrogen (secondary N) is 5. The lowest BCUT2D eigenvalue weighted by Gasteiger charge is -2.17. The maximum atomic E-state index is 12.4. The number of alkyl carbamates (subject to hydrolysis) is 1. The minimum Gasteiger partial charge on any atom is -0.449 e. The van der Waals surface area contributed by atoms with Crippen molar-refractivity contribution in [3.8, 4) is 11.1 Å². The lowest BCUT2D eigenvalue weighted by Crippen LogP contribution is -2.28. The lowest BCUT2D eigenvalue weighted by atomic mass is 9.89. The van der Waals surface area contributed by atoms with Crippen molar-refractivity contribution in [3.05, 3.63) is 107 Å². The van der Waals surface area contributed by atoms with Crippen molar-refractivity contribution >= 4 is 52.9 Å². The monoisotopic (exact) mass is 1290 g/mol. The van der Waals surface area contributed by atoms with Crippen LogP contribution >= 0.6 is 0 Å². The Balaban J connectivity index is 0.000000285. The molecule has 0 fully saturated rings. The normalized spacial score (nSPS) is 12.7. The minimum atomic E-state index is -0.904. The van der Waals surface area contributed by atoms with Crippen molar-refractivity contribution in [2.24, 2.45) is 11.5 Å². The molecule has 4 heterocycles. The number of unbranched alkanes of at least 4 members (excludes halogenated alkanes) is 3. The Kier molecular flexibility index (Phi) is 32.1. The molecule has 506 valence electrons. The Hall–Kier alpha value is -9.25. The molecular formula is C64H91N15O14. The Morgan fingerprint density at radius 2 is 0.849 bits per heavy atom. The van der Waals surface area contributed by atoms with Crippen LogP contribution in [0.15, 0.2) is 66.2 Å². The van der Waals surface area contributed by atoms with Gasteiger partial charge in [-0.15, -0.1) is 40.8 Å². The van der Waals surface area contributed by atoms with Crippen molar-refractivity contribution < 1.29 is 65.6 Å². The number of amides is 5. The number of hydrogen-bond acceptors (Lipinski definition) is 24. The highest BCUT2D eigenvalue weighted by atomic mass is 16.5. The average molecular weight is 1290 g/mol. The summed E-state index contributed by atoms with van der Waals surface area (Å²) in [4.78, 5) is 102. The average Bonchev–Trinajstić information content (AvgIpc) is 1.63. The van der Waals surface area contributed by atoms with Gasteiger partial charge >= 0.3 is 6.09 Å². The van der Waals surface area contributed by atoms with Crippen LogP contribution < -0.4 is 38.1 Å². The van der Waals surface area contributed by atoms with E-state index in [9.17, 15) is 43.2 Å². The molecule has 4 aromatic heterocycles. The fraction of sp³-hybridized carbons (Fsp3) is 0.547. The summed E-state index contributed by atoms with van der Waals surface area (Å²) < 4.78 is 27.5. The molecule has 6 aromatic rings. The van der Waals surface area contributed by atoms with Gasteiger partial charge in [0.25, 0.3) is 0 Å². The van der Waals surface area contributed by atoms with E-state index in [1.807, 2.05) is 24.3 Å². The summed E-state index contributed by atoms with van der Waals surface area (Å²) in [6.45, 7) is 18.9. The molecule has 7 rings (SSSR count). The molecule has 5 amide bonds. The van der Waals surface area contributed by atoms with Crippen LogP contribution in [-0.4, -0.2) is 120 Å². The summed E-state index contributed by atoms with van der Waals surface area (Å²) >= 11 is 0. The van der Waals surface area contributed by atoms with Crippen LogP contribution in [0.25, 0.3) is 11.1 Å². The molecule has 0 spiro atoms. The Bertz CT molecular complexity index is 3270. The van der Waals surface area contributed by atoms with E-state index in [2.05, 4.69) is 98.6 Å². The summed E-state index contributed by atoms with van der Waals surface area (Å²) in [5, 5.41) is 45.0. The summed E-state index contributed by atoms with van der Waals surface area (Å²) in [6.07, 6.45) is 8.25. The van der Waals surface area contributed by atoms with E-state index in [1.54, 1.807) is 13.8 Å². The maximum absolute atomic E-state index is 12.4. The van der Waals surface area contributed by atoms with Crippen LogP contribution in [0.5, 0.6) is 0 Å². The highest BCUT2D eigenvalue weighted by molar-refractivity contribution is 5.86. The van der Waals surface area contributed by atoms with Gasteiger partial charge < -0.3 is 60.5 Å². The third kappa shape index (κ3) is 26.5. The number of fused-ring (bicyclic) bond motifs is 3. The number of aromatic nitrogens is 8. The molecule has 9 N–H and O–H groups in total. The van der Waals surface area contributed by atoms with Crippen LogP contribution in [-0.2, 0) is 67.8 Å². The zero-order valence-corrected chi connectivity index (χ0v) is 55.2. The fourth-order valence-corrected chi connectivity index (χ4v) is 9.40. The fourth-order valence-electron chi connectivity index (χ4n) is 9.40. The van der Waals surface area contributed by atoms with Crippen LogP contribution in [0.3, 0.4) is 0 Å². The molecule has 93 heavy (non-hydrogen) atoms. The summed E-state index contributed by atoms with van der Waals surface area (Å²) in [5.74, 6) is 1.41. The first-order chi connectivity index (χ1) is 44.3. The van der Waals surface area contributed by atoms with Gasteiger partial charge in [0, 0.05) is 40.2 Å². The molecule has 0 aliphatic heterocycles. The van der Waals surface area contributed by atoms with E-state index in [0.717, 1.165) is 38.5 Å². The molecule has 29 nitrogen and oxygen atoms in total. The third-order valence-electron chi connectivity index (χ3n) is 14.2. The minimum absolute atomic E-state index is 0.0128. The Morgan fingerprint density at radius 3 is 1.23 bits per heavy atom. The van der Waals surface area contributed by atoms with E-state index < -0.39 is 17.6 Å². The maximum Gasteiger partial charge on any atom is 0.407 e. The smallest absolute Gasteiger partial charge is 0.407 e. The molecule has 2 aromatic carbocycles. The topological polar surface area (TPSA) is 431 Å². The molecule has 0 bridgehead atoms. The Morgan fingerprint density at radius 1 is 0.484 bits per heavy atom. The SMILES string of the molecule is CC(=O)Cc1nnc(C(CCCCN)NC(C)=O)o1.CC(=O)Cc1nnc(C(CCCN)NC(C)=O)o1.CC(=O)NC(CCCCNC(=O)OCC1c2ccccc2-c2ccccc21)c1nnc(C(C)(C)C(C)=O)o1.CCCCC(NC(C)=O)c1nnc(CC(C)=O)o1. The second-order valence-corrected chi connectivity index (χ2v) is 23.0. The number of carbonyl (C=O) groups is 9. The van der Waals surface area contributed by atoms with Crippen LogP contribution in [0.1, 0.15) is 235 Å². The van der Waals surface area contributed by atoms with E-state index >= 15 is 0 Å². The van der Waals surface area contributed by atoms with Gasteiger partial charge in [0.05, 0.1) is 19.3 Å². The molecule has 4 atom stereocenters. The lowest BCUT2D eigenvalue weighted by molar-refractivity contribution is -0.122. The Labute approximate surface area is 541 Å². The van der Waals surface area contributed by atoms with Gasteiger partial charge in [-0.25, -0.2) is 4.79 Å². The van der Waals surface area contributed by atoms with Crippen LogP contribution in [0.2, 0.25) is 0 Å². The highest BCUT2D eigenvalue weighted by Crippen LogP contribution is 2.44. The number of hydrogen-bond donors (Lipinski definition) is 7. The van der Waals surface area contributed by atoms with Gasteiger partial charge in [-0.3, -0.25) is 38.4 Å². The van der Waals surface area contributed by atoms with Gasteiger partial charge in [0.2, 0.25) is 70.8 Å². The van der Waals surface area contributed by atoms with Crippen molar-refractivity contribution in [1.82, 2.24) is 67.4 Å². The molecule has 29 heteroatoms. The third-order valence-corrected chi connectivity index (χ3v) is 14.2. The standard InChI is InChI=1S/C29H34N4O5.C12H20N4O3.C12H19N3O3.C11H18N4O3/c1-18(34)29(3,4)27-33-32-26(38-27)25(31-19(2)35)15-9-10-16-30-28(36)37-17-24-22-13-7-5-11-20(22)21-12-6-8-14-23(21)24;1-8(17)7-11-15-16-12(19-11)10(14-9(2)18)5-3-4-6-13;1-4-5-6-10(13-9(3)17)12-15-14-11(18-12)7-8(2)16;1-7(16)6-10-14-15-11(18-10)9(4-3-5-12)13-8(2)17/h5-8,11-14,24-25H,9-10,15-17H2,1-4H3,(H,30,36)(H,31,35);10H,3-7,13H2,1-2H3,(H,14,18);10H,4-7H2,1-3H3,(H,13,17);9H,3-6,12H2,1-2H3,(H,13,17). The molecule has 4 unspecified atom stereocenters. The quantitative estimate of drug-likeness (QED) is 0.0203. The number of Topliss-reactive ketones (excluding diaryl/α,β-unsaturated/α-hetero) is 4. The predicted molar refractivity (Wildman–Crippen MR) is 338 cm³/mol. The van der Waals surface area contributed by atoms with E-state index in [4.69, 9.17) is 33.9 Å². The van der Waals surface area contributed by atoms with E-state index in [-0.39, 0.29) is 120 Å². The van der Waals surface area contributed by atoms with Crippen molar-refractivity contribution in [1.29, 1.82) is 0 Å². The first-order valence-corrected chi connectivity index (χ1v) is 31.1. The summed E-state index contributed by atoms with van der Waals surface area (Å²) in [5.41, 5.74) is 14.7. The van der Waals surface area contributed by atoms with Gasteiger partial charge in [0.1, 0.15) is 59.3 Å². The highest BCUT2D eigenvalue weighted by Gasteiger charge is 2.34. The second kappa shape index (κ2) is 39.2. The second-order valence-electron chi connectivity index (χ2n) is 23.0. The predicted octanol–water partition coefficient (Wildman–Crippen LogP) is 7.02. The number of rotatable bonds is 33. The molecule has 0 radical (unpaired) electrons. The molecule has 1 aliphatic carbocycles. The number of ketones is 4. The van der Waals surface area contributed by atoms with Gasteiger partial charge in [-0.2, -0.15) is 0 Å². The number of carbonyl (C=O) groups excluding carboxylic acids is 9. The van der Waals surface area contributed by atoms with E-state index in [1.165, 1.54) is 77.6 Å².